The summed E-state index contributed by atoms with van der Waals surface area (Å²) in [6.07, 6.45) is 0.621. The van der Waals surface area contributed by atoms with Crippen LogP contribution in [0, 0.1) is 0 Å². The molecule has 0 aliphatic carbocycles. The Labute approximate surface area is 99.5 Å². The van der Waals surface area contributed by atoms with Crippen LogP contribution in [0.1, 0.15) is 30.2 Å². The fourth-order valence-electron chi connectivity index (χ4n) is 1.51. The van der Waals surface area contributed by atoms with E-state index in [1.54, 1.807) is 0 Å². The highest BCUT2D eigenvalue weighted by Crippen LogP contribution is 2.22. The predicted octanol–water partition coefficient (Wildman–Crippen LogP) is 3.00. The van der Waals surface area contributed by atoms with E-state index in [0.29, 0.717) is 24.1 Å². The first-order valence-electron chi connectivity index (χ1n) is 5.24. The van der Waals surface area contributed by atoms with E-state index in [4.69, 9.17) is 16.0 Å². The Morgan fingerprint density at radius 1 is 1.25 bits per heavy atom. The third-order valence-electron chi connectivity index (χ3n) is 2.46. The second-order valence-corrected chi connectivity index (χ2v) is 3.98. The van der Waals surface area contributed by atoms with E-state index in [-0.39, 0.29) is 5.92 Å². The molecule has 2 aromatic rings. The molecule has 1 unspecified atom stereocenters. The van der Waals surface area contributed by atoms with Gasteiger partial charge in [0.2, 0.25) is 11.8 Å². The van der Waals surface area contributed by atoms with Crippen LogP contribution in [0.5, 0.6) is 0 Å². The maximum Gasteiger partial charge on any atom is 0.223 e. The number of nitrogens with zero attached hydrogens (tertiary/aromatic N) is 2. The van der Waals surface area contributed by atoms with Gasteiger partial charge in [0, 0.05) is 12.3 Å². The minimum Gasteiger partial charge on any atom is -0.425 e. The van der Waals surface area contributed by atoms with Crippen molar-refractivity contribution in [3.8, 4) is 0 Å². The number of hydrogen-bond donors (Lipinski definition) is 0. The third kappa shape index (κ3) is 2.42. The summed E-state index contributed by atoms with van der Waals surface area (Å²) in [6.45, 7) is 2.05. The quantitative estimate of drug-likeness (QED) is 0.766. The standard InChI is InChI=1S/C12H13ClN2O/c1-9(10-5-3-2-4-6-10)12-15-14-11(16-12)7-8-13/h2-6,9H,7-8H2,1H3. The van der Waals surface area contributed by atoms with Gasteiger partial charge in [-0.3, -0.25) is 0 Å². The molecule has 1 aromatic carbocycles. The van der Waals surface area contributed by atoms with Crippen LogP contribution in [-0.4, -0.2) is 16.1 Å². The summed E-state index contributed by atoms with van der Waals surface area (Å²) < 4.78 is 5.53. The van der Waals surface area contributed by atoms with Crippen molar-refractivity contribution in [2.45, 2.75) is 19.3 Å². The van der Waals surface area contributed by atoms with E-state index >= 15 is 0 Å². The molecule has 0 saturated carbocycles. The van der Waals surface area contributed by atoms with Crippen LogP contribution in [0.2, 0.25) is 0 Å². The first kappa shape index (κ1) is 11.1. The molecule has 2 rings (SSSR count). The average Bonchev–Trinajstić information content (AvgIpc) is 2.78. The zero-order valence-corrected chi connectivity index (χ0v) is 9.81. The molecule has 0 radical (unpaired) electrons. The lowest BCUT2D eigenvalue weighted by Crippen LogP contribution is -1.95. The molecule has 1 heterocycles. The van der Waals surface area contributed by atoms with Crippen LogP contribution in [0.4, 0.5) is 0 Å². The van der Waals surface area contributed by atoms with Crippen molar-refractivity contribution < 1.29 is 4.42 Å². The van der Waals surface area contributed by atoms with Crippen molar-refractivity contribution in [2.24, 2.45) is 0 Å². The number of alkyl halides is 1. The van der Waals surface area contributed by atoms with Gasteiger partial charge in [-0.1, -0.05) is 30.3 Å². The molecule has 0 N–H and O–H groups in total. The average molecular weight is 237 g/mol. The summed E-state index contributed by atoms with van der Waals surface area (Å²) in [6, 6.07) is 10.1. The molecule has 1 atom stereocenters. The second kappa shape index (κ2) is 5.12. The third-order valence-corrected chi connectivity index (χ3v) is 2.65. The van der Waals surface area contributed by atoms with Crippen LogP contribution < -0.4 is 0 Å². The largest absolute Gasteiger partial charge is 0.425 e. The van der Waals surface area contributed by atoms with E-state index in [2.05, 4.69) is 22.3 Å². The molecular formula is C12H13ClN2O. The number of benzene rings is 1. The highest BCUT2D eigenvalue weighted by atomic mass is 35.5. The highest BCUT2D eigenvalue weighted by Gasteiger charge is 2.15. The lowest BCUT2D eigenvalue weighted by atomic mass is 10.0. The molecule has 0 amide bonds. The molecule has 0 aliphatic rings. The van der Waals surface area contributed by atoms with Gasteiger partial charge in [0.25, 0.3) is 0 Å². The van der Waals surface area contributed by atoms with Crippen LogP contribution in [0.25, 0.3) is 0 Å². The van der Waals surface area contributed by atoms with Gasteiger partial charge in [-0.25, -0.2) is 0 Å². The van der Waals surface area contributed by atoms with E-state index in [0.717, 1.165) is 0 Å². The SMILES string of the molecule is CC(c1ccccc1)c1nnc(CCCl)o1. The number of aromatic nitrogens is 2. The van der Waals surface area contributed by atoms with Gasteiger partial charge in [-0.15, -0.1) is 21.8 Å². The van der Waals surface area contributed by atoms with Gasteiger partial charge in [0.1, 0.15) is 0 Å². The summed E-state index contributed by atoms with van der Waals surface area (Å²) in [5.74, 6) is 1.87. The molecule has 0 spiro atoms. The Kier molecular flexibility index (Phi) is 3.57. The van der Waals surface area contributed by atoms with Crippen molar-refractivity contribution in [3.05, 3.63) is 47.7 Å². The van der Waals surface area contributed by atoms with E-state index < -0.39 is 0 Å². The molecule has 0 saturated heterocycles. The summed E-state index contributed by atoms with van der Waals surface area (Å²) >= 11 is 5.61. The minimum atomic E-state index is 0.123. The lowest BCUT2D eigenvalue weighted by Gasteiger charge is -2.05. The number of aryl methyl sites for hydroxylation is 1. The first-order chi connectivity index (χ1) is 7.81. The van der Waals surface area contributed by atoms with Crippen LogP contribution in [-0.2, 0) is 6.42 Å². The predicted molar refractivity (Wildman–Crippen MR) is 62.7 cm³/mol. The van der Waals surface area contributed by atoms with Crippen molar-refractivity contribution in [2.75, 3.05) is 5.88 Å². The first-order valence-corrected chi connectivity index (χ1v) is 5.78. The number of halogens is 1. The van der Waals surface area contributed by atoms with Crippen molar-refractivity contribution in [1.29, 1.82) is 0 Å². The normalized spacial score (nSPS) is 12.6. The van der Waals surface area contributed by atoms with Crippen molar-refractivity contribution in [1.82, 2.24) is 10.2 Å². The Morgan fingerprint density at radius 3 is 2.69 bits per heavy atom. The Balaban J connectivity index is 2.17. The summed E-state index contributed by atoms with van der Waals surface area (Å²) in [7, 11) is 0. The fraction of sp³-hybridized carbons (Fsp3) is 0.333. The second-order valence-electron chi connectivity index (χ2n) is 3.61. The van der Waals surface area contributed by atoms with Gasteiger partial charge < -0.3 is 4.42 Å². The van der Waals surface area contributed by atoms with E-state index in [1.165, 1.54) is 5.56 Å². The Bertz CT molecular complexity index is 441. The molecule has 0 bridgehead atoms. The molecule has 4 heteroatoms. The molecule has 16 heavy (non-hydrogen) atoms. The summed E-state index contributed by atoms with van der Waals surface area (Å²) in [4.78, 5) is 0. The smallest absolute Gasteiger partial charge is 0.223 e. The molecule has 0 fully saturated rings. The zero-order valence-electron chi connectivity index (χ0n) is 9.06. The van der Waals surface area contributed by atoms with E-state index in [9.17, 15) is 0 Å². The topological polar surface area (TPSA) is 38.9 Å². The molecular weight excluding hydrogens is 224 g/mol. The van der Waals surface area contributed by atoms with Gasteiger partial charge in [-0.05, 0) is 12.5 Å². The monoisotopic (exact) mass is 236 g/mol. The molecule has 1 aromatic heterocycles. The van der Waals surface area contributed by atoms with Crippen LogP contribution in [0.15, 0.2) is 34.7 Å². The van der Waals surface area contributed by atoms with E-state index in [1.807, 2.05) is 25.1 Å². The Hall–Kier alpha value is -1.35. The number of hydrogen-bond acceptors (Lipinski definition) is 3. The minimum absolute atomic E-state index is 0.123. The highest BCUT2D eigenvalue weighted by molar-refractivity contribution is 6.17. The van der Waals surface area contributed by atoms with Gasteiger partial charge >= 0.3 is 0 Å². The van der Waals surface area contributed by atoms with Crippen molar-refractivity contribution in [3.63, 3.8) is 0 Å². The Morgan fingerprint density at radius 2 is 2.00 bits per heavy atom. The van der Waals surface area contributed by atoms with Gasteiger partial charge in [0.15, 0.2) is 0 Å². The molecule has 3 nitrogen and oxygen atoms in total. The number of rotatable bonds is 4. The summed E-state index contributed by atoms with van der Waals surface area (Å²) in [5, 5.41) is 7.99. The zero-order chi connectivity index (χ0) is 11.4. The molecule has 84 valence electrons. The van der Waals surface area contributed by atoms with Gasteiger partial charge in [-0.2, -0.15) is 0 Å². The fourth-order valence-corrected chi connectivity index (χ4v) is 1.67. The van der Waals surface area contributed by atoms with Gasteiger partial charge in [0.05, 0.1) is 5.92 Å². The van der Waals surface area contributed by atoms with Crippen LogP contribution >= 0.6 is 11.6 Å². The maximum absolute atomic E-state index is 5.61. The molecule has 0 aliphatic heterocycles. The van der Waals surface area contributed by atoms with Crippen LogP contribution in [0.3, 0.4) is 0 Å². The lowest BCUT2D eigenvalue weighted by molar-refractivity contribution is 0.443. The summed E-state index contributed by atoms with van der Waals surface area (Å²) in [5.41, 5.74) is 1.17. The van der Waals surface area contributed by atoms with Crippen molar-refractivity contribution >= 4 is 11.6 Å². The maximum atomic E-state index is 5.61.